The van der Waals surface area contributed by atoms with Gasteiger partial charge < -0.3 is 0 Å². The zero-order chi connectivity index (χ0) is 13.3. The van der Waals surface area contributed by atoms with E-state index in [1.165, 1.54) is 0 Å². The fraction of sp³-hybridized carbons (Fsp3) is 0.200. The van der Waals surface area contributed by atoms with Gasteiger partial charge in [-0.05, 0) is 18.2 Å². The van der Waals surface area contributed by atoms with Crippen LogP contribution in [0.1, 0.15) is 11.4 Å². The molecular weight excluding hydrogens is 274 g/mol. The van der Waals surface area contributed by atoms with Crippen LogP contribution >= 0.6 is 11.6 Å². The third kappa shape index (κ3) is 2.45. The van der Waals surface area contributed by atoms with Crippen LogP contribution < -0.4 is 0 Å². The second-order valence-corrected chi connectivity index (χ2v) is 3.69. The van der Waals surface area contributed by atoms with Gasteiger partial charge in [-0.25, -0.2) is 9.37 Å². The van der Waals surface area contributed by atoms with Gasteiger partial charge in [-0.3, -0.25) is 5.10 Å². The monoisotopic (exact) mass is 279 g/mol. The molecule has 2 aromatic rings. The summed E-state index contributed by atoms with van der Waals surface area (Å²) in [6.45, 7) is 0. The maximum atomic E-state index is 12.9. The summed E-state index contributed by atoms with van der Waals surface area (Å²) in [5, 5.41) is 6.01. The SMILES string of the molecule is Fc1ccc(-c2n[nH]c(CCl)n2)c(C(F)(F)F)c1. The molecule has 0 amide bonds. The van der Waals surface area contributed by atoms with E-state index in [0.29, 0.717) is 6.07 Å². The average molecular weight is 280 g/mol. The van der Waals surface area contributed by atoms with Gasteiger partial charge in [0.1, 0.15) is 11.6 Å². The van der Waals surface area contributed by atoms with E-state index in [4.69, 9.17) is 11.6 Å². The van der Waals surface area contributed by atoms with E-state index in [1.807, 2.05) is 0 Å². The Balaban J connectivity index is 2.56. The number of hydrogen-bond donors (Lipinski definition) is 1. The number of aromatic amines is 1. The molecular formula is C10H6ClF4N3. The molecule has 0 unspecified atom stereocenters. The summed E-state index contributed by atoms with van der Waals surface area (Å²) < 4.78 is 51.1. The van der Waals surface area contributed by atoms with Crippen LogP contribution in [0.3, 0.4) is 0 Å². The van der Waals surface area contributed by atoms with E-state index in [2.05, 4.69) is 15.2 Å². The van der Waals surface area contributed by atoms with Crippen LogP contribution in [0.5, 0.6) is 0 Å². The van der Waals surface area contributed by atoms with Gasteiger partial charge in [0.2, 0.25) is 0 Å². The molecule has 0 bridgehead atoms. The molecule has 0 aliphatic carbocycles. The van der Waals surface area contributed by atoms with Crippen LogP contribution in [0.4, 0.5) is 17.6 Å². The van der Waals surface area contributed by atoms with Crippen molar-refractivity contribution in [1.29, 1.82) is 0 Å². The van der Waals surface area contributed by atoms with E-state index < -0.39 is 17.6 Å². The highest BCUT2D eigenvalue weighted by Gasteiger charge is 2.35. The van der Waals surface area contributed by atoms with Gasteiger partial charge in [0, 0.05) is 5.56 Å². The Hall–Kier alpha value is -1.63. The lowest BCUT2D eigenvalue weighted by Crippen LogP contribution is -2.08. The molecule has 1 aromatic carbocycles. The normalized spacial score (nSPS) is 11.8. The number of nitrogens with zero attached hydrogens (tertiary/aromatic N) is 2. The molecule has 1 aromatic heterocycles. The Morgan fingerprint density at radius 2 is 2.00 bits per heavy atom. The minimum Gasteiger partial charge on any atom is -0.262 e. The molecule has 0 spiro atoms. The van der Waals surface area contributed by atoms with Crippen molar-refractivity contribution in [1.82, 2.24) is 15.2 Å². The lowest BCUT2D eigenvalue weighted by molar-refractivity contribution is -0.137. The number of rotatable bonds is 2. The van der Waals surface area contributed by atoms with Crippen molar-refractivity contribution in [2.24, 2.45) is 0 Å². The predicted octanol–water partition coefficient (Wildman–Crippen LogP) is 3.37. The lowest BCUT2D eigenvalue weighted by Gasteiger charge is -2.10. The number of nitrogens with one attached hydrogen (secondary N) is 1. The second-order valence-electron chi connectivity index (χ2n) is 3.43. The highest BCUT2D eigenvalue weighted by molar-refractivity contribution is 6.16. The van der Waals surface area contributed by atoms with Crippen LogP contribution in [0.25, 0.3) is 11.4 Å². The maximum absolute atomic E-state index is 12.9. The van der Waals surface area contributed by atoms with Crippen molar-refractivity contribution in [3.05, 3.63) is 35.4 Å². The first kappa shape index (κ1) is 12.8. The van der Waals surface area contributed by atoms with Crippen molar-refractivity contribution < 1.29 is 17.6 Å². The Morgan fingerprint density at radius 3 is 2.56 bits per heavy atom. The van der Waals surface area contributed by atoms with Crippen molar-refractivity contribution in [2.75, 3.05) is 0 Å². The third-order valence-electron chi connectivity index (χ3n) is 2.19. The van der Waals surface area contributed by atoms with Gasteiger partial charge in [-0.1, -0.05) is 0 Å². The molecule has 0 saturated heterocycles. The summed E-state index contributed by atoms with van der Waals surface area (Å²) in [5.41, 5.74) is -1.42. The Bertz CT molecular complexity index is 564. The summed E-state index contributed by atoms with van der Waals surface area (Å²) in [4.78, 5) is 3.78. The van der Waals surface area contributed by atoms with E-state index in [0.717, 1.165) is 12.1 Å². The van der Waals surface area contributed by atoms with E-state index >= 15 is 0 Å². The quantitative estimate of drug-likeness (QED) is 0.676. The van der Waals surface area contributed by atoms with E-state index in [9.17, 15) is 17.6 Å². The van der Waals surface area contributed by atoms with Crippen LogP contribution in [-0.2, 0) is 12.1 Å². The molecule has 18 heavy (non-hydrogen) atoms. The number of hydrogen-bond acceptors (Lipinski definition) is 2. The van der Waals surface area contributed by atoms with Crippen molar-refractivity contribution in [2.45, 2.75) is 12.1 Å². The molecule has 96 valence electrons. The molecule has 0 atom stereocenters. The van der Waals surface area contributed by atoms with E-state index in [1.54, 1.807) is 0 Å². The van der Waals surface area contributed by atoms with Gasteiger partial charge >= 0.3 is 6.18 Å². The first-order valence-electron chi connectivity index (χ1n) is 4.76. The van der Waals surface area contributed by atoms with Gasteiger partial charge in [0.15, 0.2) is 5.82 Å². The Morgan fingerprint density at radius 1 is 1.28 bits per heavy atom. The number of halogens is 5. The molecule has 8 heteroatoms. The number of alkyl halides is 4. The molecule has 0 fully saturated rings. The second kappa shape index (κ2) is 4.56. The fourth-order valence-electron chi connectivity index (χ4n) is 1.42. The molecule has 1 N–H and O–H groups in total. The van der Waals surface area contributed by atoms with Crippen LogP contribution in [0, 0.1) is 5.82 Å². The lowest BCUT2D eigenvalue weighted by atomic mass is 10.1. The number of aromatic nitrogens is 3. The highest BCUT2D eigenvalue weighted by Crippen LogP contribution is 2.36. The van der Waals surface area contributed by atoms with Crippen molar-refractivity contribution >= 4 is 11.6 Å². The summed E-state index contributed by atoms with van der Waals surface area (Å²) in [7, 11) is 0. The zero-order valence-corrected chi connectivity index (χ0v) is 9.48. The molecule has 0 radical (unpaired) electrons. The van der Waals surface area contributed by atoms with Crippen LogP contribution in [-0.4, -0.2) is 15.2 Å². The molecule has 0 saturated carbocycles. The van der Waals surface area contributed by atoms with Gasteiger partial charge in [0.25, 0.3) is 0 Å². The summed E-state index contributed by atoms with van der Waals surface area (Å²) >= 11 is 5.47. The number of H-pyrrole nitrogens is 1. The standard InChI is InChI=1S/C10H6ClF4N3/c11-4-8-16-9(18-17-8)6-2-1-5(12)3-7(6)10(13,14)15/h1-3H,4H2,(H,16,17,18). The smallest absolute Gasteiger partial charge is 0.262 e. The van der Waals surface area contributed by atoms with Gasteiger partial charge in [-0.15, -0.1) is 11.6 Å². The Labute approximate surface area is 104 Å². The van der Waals surface area contributed by atoms with Gasteiger partial charge in [0.05, 0.1) is 11.4 Å². The third-order valence-corrected chi connectivity index (χ3v) is 2.44. The van der Waals surface area contributed by atoms with Crippen molar-refractivity contribution in [3.63, 3.8) is 0 Å². The molecule has 0 aliphatic rings. The number of benzene rings is 1. The molecule has 1 heterocycles. The van der Waals surface area contributed by atoms with Gasteiger partial charge in [-0.2, -0.15) is 18.3 Å². The minimum atomic E-state index is -4.68. The molecule has 0 aliphatic heterocycles. The maximum Gasteiger partial charge on any atom is 0.417 e. The average Bonchev–Trinajstić information content (AvgIpc) is 2.76. The first-order chi connectivity index (χ1) is 8.41. The van der Waals surface area contributed by atoms with Crippen LogP contribution in [0.15, 0.2) is 18.2 Å². The van der Waals surface area contributed by atoms with E-state index in [-0.39, 0.29) is 23.1 Å². The highest BCUT2D eigenvalue weighted by atomic mass is 35.5. The predicted molar refractivity (Wildman–Crippen MR) is 56.3 cm³/mol. The van der Waals surface area contributed by atoms with Crippen LogP contribution in [0.2, 0.25) is 0 Å². The molecule has 2 rings (SSSR count). The topological polar surface area (TPSA) is 41.6 Å². The first-order valence-corrected chi connectivity index (χ1v) is 5.29. The van der Waals surface area contributed by atoms with Crippen molar-refractivity contribution in [3.8, 4) is 11.4 Å². The zero-order valence-electron chi connectivity index (χ0n) is 8.72. The Kier molecular flexibility index (Phi) is 3.25. The minimum absolute atomic E-state index is 0.00442. The molecule has 3 nitrogen and oxygen atoms in total. The summed E-state index contributed by atoms with van der Waals surface area (Å²) in [6.07, 6.45) is -4.68. The fourth-order valence-corrected chi connectivity index (χ4v) is 1.54. The summed E-state index contributed by atoms with van der Waals surface area (Å²) in [5.74, 6) is -0.906. The largest absolute Gasteiger partial charge is 0.417 e. The summed E-state index contributed by atoms with van der Waals surface area (Å²) in [6, 6.07) is 2.31.